The molecule has 0 aliphatic carbocycles. The zero-order valence-corrected chi connectivity index (χ0v) is 9.31. The molecule has 0 atom stereocenters. The van der Waals surface area contributed by atoms with Crippen LogP contribution < -0.4 is 10.5 Å². The number of ether oxygens (including phenoxy) is 1. The van der Waals surface area contributed by atoms with Gasteiger partial charge >= 0.3 is 0 Å². The van der Waals surface area contributed by atoms with E-state index >= 15 is 0 Å². The predicted molar refractivity (Wildman–Crippen MR) is 61.6 cm³/mol. The molecule has 6 nitrogen and oxygen atoms in total. The first-order valence-electron chi connectivity index (χ1n) is 4.43. The smallest absolute Gasteiger partial charge is 0.208 e. The molecule has 0 spiro atoms. The molecule has 7 heteroatoms. The highest BCUT2D eigenvalue weighted by Crippen LogP contribution is 2.17. The van der Waals surface area contributed by atoms with Crippen molar-refractivity contribution in [3.05, 3.63) is 30.5 Å². The molecule has 0 bridgehead atoms. The lowest BCUT2D eigenvalue weighted by Crippen LogP contribution is -2.12. The highest BCUT2D eigenvalue weighted by Gasteiger charge is 2.09. The summed E-state index contributed by atoms with van der Waals surface area (Å²) in [5, 5.41) is 4.09. The summed E-state index contributed by atoms with van der Waals surface area (Å²) in [5.74, 6) is 1.45. The van der Waals surface area contributed by atoms with Crippen LogP contribution >= 0.6 is 12.2 Å². The van der Waals surface area contributed by atoms with Gasteiger partial charge in [-0.15, -0.1) is 5.10 Å². The molecule has 0 saturated heterocycles. The maximum atomic E-state index is 5.42. The van der Waals surface area contributed by atoms with E-state index in [0.717, 1.165) is 0 Å². The van der Waals surface area contributed by atoms with Crippen LogP contribution in [0.15, 0.2) is 24.7 Å². The molecule has 0 unspecified atom stereocenters. The molecule has 2 aromatic heterocycles. The summed E-state index contributed by atoms with van der Waals surface area (Å²) < 4.78 is 6.62. The lowest BCUT2D eigenvalue weighted by molar-refractivity contribution is 0.409. The van der Waals surface area contributed by atoms with Gasteiger partial charge in [-0.05, 0) is 12.1 Å². The summed E-state index contributed by atoms with van der Waals surface area (Å²) in [5.41, 5.74) is 5.42. The number of hydrogen-bond donors (Lipinski definition) is 1. The van der Waals surface area contributed by atoms with Crippen molar-refractivity contribution >= 4 is 17.2 Å². The van der Waals surface area contributed by atoms with Crippen molar-refractivity contribution in [1.29, 1.82) is 0 Å². The average molecular weight is 235 g/mol. The Morgan fingerprint density at radius 3 is 2.94 bits per heavy atom. The van der Waals surface area contributed by atoms with Gasteiger partial charge in [-0.1, -0.05) is 12.2 Å². The Kier molecular flexibility index (Phi) is 2.78. The van der Waals surface area contributed by atoms with Crippen molar-refractivity contribution in [3.63, 3.8) is 0 Å². The van der Waals surface area contributed by atoms with Gasteiger partial charge < -0.3 is 10.5 Å². The van der Waals surface area contributed by atoms with Gasteiger partial charge in [-0.3, -0.25) is 0 Å². The molecule has 0 saturated carbocycles. The third-order valence-corrected chi connectivity index (χ3v) is 2.08. The molecule has 0 fully saturated rings. The topological polar surface area (TPSA) is 78.8 Å². The molecule has 82 valence electrons. The van der Waals surface area contributed by atoms with Crippen molar-refractivity contribution in [2.45, 2.75) is 0 Å². The molecule has 0 aliphatic rings. The zero-order chi connectivity index (χ0) is 11.5. The SMILES string of the molecule is COc1cccnc1-n1cnc(C(N)=S)n1. The Bertz CT molecular complexity index is 524. The highest BCUT2D eigenvalue weighted by molar-refractivity contribution is 7.80. The van der Waals surface area contributed by atoms with Crippen LogP contribution in [0.1, 0.15) is 5.82 Å². The van der Waals surface area contributed by atoms with Crippen LogP contribution in [0.3, 0.4) is 0 Å². The summed E-state index contributed by atoms with van der Waals surface area (Å²) in [6.45, 7) is 0. The number of aromatic nitrogens is 4. The molecule has 2 rings (SSSR count). The number of methoxy groups -OCH3 is 1. The Hall–Kier alpha value is -2.02. The first kappa shape index (κ1) is 10.5. The Morgan fingerprint density at radius 2 is 2.31 bits per heavy atom. The van der Waals surface area contributed by atoms with E-state index in [0.29, 0.717) is 17.4 Å². The fourth-order valence-electron chi connectivity index (χ4n) is 1.19. The summed E-state index contributed by atoms with van der Waals surface area (Å²) in [6, 6.07) is 3.55. The second kappa shape index (κ2) is 4.23. The van der Waals surface area contributed by atoms with E-state index < -0.39 is 0 Å². The van der Waals surface area contributed by atoms with Gasteiger partial charge in [0.1, 0.15) is 11.3 Å². The number of nitrogens with two attached hydrogens (primary N) is 1. The minimum absolute atomic E-state index is 0.147. The molecular weight excluding hydrogens is 226 g/mol. The molecular formula is C9H9N5OS. The van der Waals surface area contributed by atoms with E-state index in [2.05, 4.69) is 15.1 Å². The van der Waals surface area contributed by atoms with Crippen LogP contribution in [-0.4, -0.2) is 31.8 Å². The van der Waals surface area contributed by atoms with Crippen molar-refractivity contribution < 1.29 is 4.74 Å². The van der Waals surface area contributed by atoms with E-state index in [-0.39, 0.29) is 4.99 Å². The summed E-state index contributed by atoms with van der Waals surface area (Å²) in [6.07, 6.45) is 3.12. The van der Waals surface area contributed by atoms with Crippen LogP contribution in [0.2, 0.25) is 0 Å². The number of rotatable bonds is 3. The zero-order valence-electron chi connectivity index (χ0n) is 8.49. The van der Waals surface area contributed by atoms with Gasteiger partial charge in [0.05, 0.1) is 7.11 Å². The van der Waals surface area contributed by atoms with Crippen molar-refractivity contribution in [3.8, 4) is 11.6 Å². The Labute approximate surface area is 97.1 Å². The first-order chi connectivity index (χ1) is 7.72. The van der Waals surface area contributed by atoms with Crippen molar-refractivity contribution in [1.82, 2.24) is 19.7 Å². The number of hydrogen-bond acceptors (Lipinski definition) is 5. The van der Waals surface area contributed by atoms with E-state index in [1.54, 1.807) is 25.4 Å². The minimum Gasteiger partial charge on any atom is -0.493 e. The standard InChI is InChI=1S/C9H9N5OS/c1-15-6-3-2-4-11-9(6)14-5-12-8(13-14)7(10)16/h2-5H,1H3,(H2,10,16). The van der Waals surface area contributed by atoms with Gasteiger partial charge in [-0.25, -0.2) is 9.97 Å². The lowest BCUT2D eigenvalue weighted by atomic mass is 10.4. The Morgan fingerprint density at radius 1 is 1.50 bits per heavy atom. The second-order valence-electron chi connectivity index (χ2n) is 2.91. The van der Waals surface area contributed by atoms with Gasteiger partial charge in [-0.2, -0.15) is 4.68 Å². The lowest BCUT2D eigenvalue weighted by Gasteiger charge is -2.05. The average Bonchev–Trinajstić information content (AvgIpc) is 2.78. The van der Waals surface area contributed by atoms with Crippen molar-refractivity contribution in [2.75, 3.05) is 7.11 Å². The first-order valence-corrected chi connectivity index (χ1v) is 4.84. The van der Waals surface area contributed by atoms with E-state index in [1.807, 2.05) is 0 Å². The van der Waals surface area contributed by atoms with Crippen LogP contribution in [0.4, 0.5) is 0 Å². The van der Waals surface area contributed by atoms with E-state index in [4.69, 9.17) is 22.7 Å². The van der Waals surface area contributed by atoms with Crippen LogP contribution in [0, 0.1) is 0 Å². The number of pyridine rings is 1. The third kappa shape index (κ3) is 1.84. The minimum atomic E-state index is 0.147. The van der Waals surface area contributed by atoms with E-state index in [9.17, 15) is 0 Å². The van der Waals surface area contributed by atoms with Crippen LogP contribution in [0.5, 0.6) is 5.75 Å². The van der Waals surface area contributed by atoms with E-state index in [1.165, 1.54) is 11.0 Å². The monoisotopic (exact) mass is 235 g/mol. The normalized spacial score (nSPS) is 10.1. The molecule has 16 heavy (non-hydrogen) atoms. The molecule has 2 N–H and O–H groups in total. The van der Waals surface area contributed by atoms with Gasteiger partial charge in [0, 0.05) is 6.20 Å². The van der Waals surface area contributed by atoms with Gasteiger partial charge in [0.25, 0.3) is 0 Å². The summed E-state index contributed by atoms with van der Waals surface area (Å²) in [7, 11) is 1.56. The second-order valence-corrected chi connectivity index (χ2v) is 3.35. The molecule has 0 amide bonds. The van der Waals surface area contributed by atoms with Crippen molar-refractivity contribution in [2.24, 2.45) is 5.73 Å². The third-order valence-electron chi connectivity index (χ3n) is 1.90. The quantitative estimate of drug-likeness (QED) is 0.771. The Balaban J connectivity index is 2.46. The summed E-state index contributed by atoms with van der Waals surface area (Å²) in [4.78, 5) is 8.25. The van der Waals surface area contributed by atoms with Crippen LogP contribution in [0.25, 0.3) is 5.82 Å². The maximum Gasteiger partial charge on any atom is 0.208 e. The predicted octanol–water partition coefficient (Wildman–Crippen LogP) is 0.305. The molecule has 0 radical (unpaired) electrons. The van der Waals surface area contributed by atoms with Gasteiger partial charge in [0.2, 0.25) is 5.82 Å². The molecule has 2 aromatic rings. The highest BCUT2D eigenvalue weighted by atomic mass is 32.1. The largest absolute Gasteiger partial charge is 0.493 e. The molecule has 2 heterocycles. The number of nitrogens with zero attached hydrogens (tertiary/aromatic N) is 4. The van der Waals surface area contributed by atoms with Gasteiger partial charge in [0.15, 0.2) is 11.6 Å². The molecule has 0 aliphatic heterocycles. The summed E-state index contributed by atoms with van der Waals surface area (Å²) >= 11 is 4.77. The fraction of sp³-hybridized carbons (Fsp3) is 0.111. The maximum absolute atomic E-state index is 5.42. The molecule has 0 aromatic carbocycles. The fourth-order valence-corrected chi connectivity index (χ4v) is 1.29. The van der Waals surface area contributed by atoms with Crippen LogP contribution in [-0.2, 0) is 0 Å². The number of thiocarbonyl (C=S) groups is 1.